The van der Waals surface area contributed by atoms with Gasteiger partial charge in [0.2, 0.25) is 0 Å². The third-order valence-electron chi connectivity index (χ3n) is 2.25. The summed E-state index contributed by atoms with van der Waals surface area (Å²) in [6.07, 6.45) is 0. The molecule has 0 saturated heterocycles. The number of benzene rings is 1. The molecule has 70 valence electrons. The van der Waals surface area contributed by atoms with Crippen molar-refractivity contribution < 1.29 is 0 Å². The first kappa shape index (κ1) is 8.70. The number of hydrogen-bond donors (Lipinski definition) is 0. The minimum Gasteiger partial charge on any atom is -0.196 e. The molecule has 0 amide bonds. The fourth-order valence-corrected chi connectivity index (χ4v) is 1.35. The van der Waals surface area contributed by atoms with Crippen LogP contribution in [0.5, 0.6) is 0 Å². The van der Waals surface area contributed by atoms with Crippen LogP contribution in [-0.2, 0) is 6.54 Å². The smallest absolute Gasteiger partial charge is 0.147 e. The molecule has 0 radical (unpaired) electrons. The van der Waals surface area contributed by atoms with Crippen LogP contribution in [0.4, 0.5) is 0 Å². The molecule has 1 aromatic carbocycles. The van der Waals surface area contributed by atoms with Crippen molar-refractivity contribution >= 4 is 11.0 Å². The van der Waals surface area contributed by atoms with Crippen molar-refractivity contribution in [1.29, 1.82) is 5.26 Å². The van der Waals surface area contributed by atoms with E-state index in [1.807, 2.05) is 32.0 Å². The molecular formula is C10H10N4. The Balaban J connectivity index is 2.61. The average Bonchev–Trinajstić information content (AvgIpc) is 2.48. The van der Waals surface area contributed by atoms with Gasteiger partial charge in [0.15, 0.2) is 0 Å². The summed E-state index contributed by atoms with van der Waals surface area (Å²) < 4.78 is 0. The first-order chi connectivity index (χ1) is 6.70. The molecule has 0 aliphatic heterocycles. The van der Waals surface area contributed by atoms with Crippen molar-refractivity contribution in [3.8, 4) is 6.07 Å². The van der Waals surface area contributed by atoms with Crippen molar-refractivity contribution in [1.82, 2.24) is 15.0 Å². The predicted octanol–water partition coefficient (Wildman–Crippen LogP) is 1.57. The maximum absolute atomic E-state index is 8.50. The van der Waals surface area contributed by atoms with E-state index in [0.717, 1.165) is 11.0 Å². The van der Waals surface area contributed by atoms with Gasteiger partial charge in [0.1, 0.15) is 17.6 Å². The molecule has 14 heavy (non-hydrogen) atoms. The van der Waals surface area contributed by atoms with E-state index in [2.05, 4.69) is 10.2 Å². The Bertz CT molecular complexity index is 480. The Kier molecular flexibility index (Phi) is 1.93. The van der Waals surface area contributed by atoms with E-state index < -0.39 is 0 Å². The summed E-state index contributed by atoms with van der Waals surface area (Å²) in [6, 6.07) is 6.00. The van der Waals surface area contributed by atoms with Gasteiger partial charge in [-0.2, -0.15) is 20.3 Å². The van der Waals surface area contributed by atoms with Gasteiger partial charge >= 0.3 is 0 Å². The van der Waals surface area contributed by atoms with Gasteiger partial charge in [-0.05, 0) is 37.1 Å². The van der Waals surface area contributed by atoms with Crippen LogP contribution in [0.2, 0.25) is 0 Å². The summed E-state index contributed by atoms with van der Waals surface area (Å²) in [5.74, 6) is 0. The monoisotopic (exact) mass is 186 g/mol. The van der Waals surface area contributed by atoms with Crippen LogP contribution in [0, 0.1) is 25.2 Å². The molecule has 0 unspecified atom stereocenters. The zero-order chi connectivity index (χ0) is 10.1. The third kappa shape index (κ3) is 1.33. The highest BCUT2D eigenvalue weighted by atomic mass is 15.5. The number of aromatic nitrogens is 3. The SMILES string of the molecule is Cc1cc2nn(CC#N)nc2cc1C. The fraction of sp³-hybridized carbons (Fsp3) is 0.300. The lowest BCUT2D eigenvalue weighted by Gasteiger charge is -1.95. The summed E-state index contributed by atoms with van der Waals surface area (Å²) in [5.41, 5.74) is 4.09. The van der Waals surface area contributed by atoms with Crippen LogP contribution < -0.4 is 0 Å². The molecule has 0 N–H and O–H groups in total. The summed E-state index contributed by atoms with van der Waals surface area (Å²) in [5, 5.41) is 16.9. The molecule has 4 nitrogen and oxygen atoms in total. The highest BCUT2D eigenvalue weighted by Gasteiger charge is 2.03. The van der Waals surface area contributed by atoms with E-state index in [1.165, 1.54) is 15.9 Å². The lowest BCUT2D eigenvalue weighted by atomic mass is 10.1. The second kappa shape index (κ2) is 3.11. The van der Waals surface area contributed by atoms with Crippen molar-refractivity contribution in [2.24, 2.45) is 0 Å². The van der Waals surface area contributed by atoms with E-state index in [9.17, 15) is 0 Å². The Labute approximate surface area is 81.8 Å². The van der Waals surface area contributed by atoms with Gasteiger partial charge in [-0.3, -0.25) is 0 Å². The molecule has 0 saturated carbocycles. The zero-order valence-corrected chi connectivity index (χ0v) is 8.15. The first-order valence-electron chi connectivity index (χ1n) is 4.40. The van der Waals surface area contributed by atoms with Crippen molar-refractivity contribution in [2.45, 2.75) is 20.4 Å². The van der Waals surface area contributed by atoms with Gasteiger partial charge in [-0.1, -0.05) is 0 Å². The highest BCUT2D eigenvalue weighted by molar-refractivity contribution is 5.75. The fourth-order valence-electron chi connectivity index (χ4n) is 1.35. The van der Waals surface area contributed by atoms with Crippen molar-refractivity contribution in [3.05, 3.63) is 23.3 Å². The molecule has 0 spiro atoms. The lowest BCUT2D eigenvalue weighted by molar-refractivity contribution is 0.618. The summed E-state index contributed by atoms with van der Waals surface area (Å²) in [4.78, 5) is 1.42. The third-order valence-corrected chi connectivity index (χ3v) is 2.25. The van der Waals surface area contributed by atoms with E-state index in [0.29, 0.717) is 0 Å². The topological polar surface area (TPSA) is 54.5 Å². The maximum atomic E-state index is 8.50. The van der Waals surface area contributed by atoms with Crippen LogP contribution in [0.25, 0.3) is 11.0 Å². The van der Waals surface area contributed by atoms with E-state index in [4.69, 9.17) is 5.26 Å². The average molecular weight is 186 g/mol. The Morgan fingerprint density at radius 3 is 2.14 bits per heavy atom. The van der Waals surface area contributed by atoms with Gasteiger partial charge in [0.25, 0.3) is 0 Å². The van der Waals surface area contributed by atoms with Crippen LogP contribution in [-0.4, -0.2) is 15.0 Å². The molecule has 0 bridgehead atoms. The van der Waals surface area contributed by atoms with E-state index in [1.54, 1.807) is 0 Å². The number of nitriles is 1. The first-order valence-corrected chi connectivity index (χ1v) is 4.40. The van der Waals surface area contributed by atoms with E-state index >= 15 is 0 Å². The van der Waals surface area contributed by atoms with Gasteiger partial charge in [-0.25, -0.2) is 0 Å². The van der Waals surface area contributed by atoms with Gasteiger partial charge in [0, 0.05) is 0 Å². The maximum Gasteiger partial charge on any atom is 0.147 e. The molecule has 2 aromatic rings. The van der Waals surface area contributed by atoms with Crippen molar-refractivity contribution in [2.75, 3.05) is 0 Å². The number of nitrogens with zero attached hydrogens (tertiary/aromatic N) is 4. The molecule has 0 atom stereocenters. The van der Waals surface area contributed by atoms with Gasteiger partial charge < -0.3 is 0 Å². The largest absolute Gasteiger partial charge is 0.196 e. The number of hydrogen-bond acceptors (Lipinski definition) is 3. The van der Waals surface area contributed by atoms with Gasteiger partial charge in [-0.15, -0.1) is 0 Å². The number of rotatable bonds is 1. The van der Waals surface area contributed by atoms with E-state index in [-0.39, 0.29) is 6.54 Å². The highest BCUT2D eigenvalue weighted by Crippen LogP contribution is 2.15. The van der Waals surface area contributed by atoms with Crippen LogP contribution in [0.15, 0.2) is 12.1 Å². The van der Waals surface area contributed by atoms with Gasteiger partial charge in [0.05, 0.1) is 6.07 Å². The molecule has 4 heteroatoms. The normalized spacial score (nSPS) is 10.4. The van der Waals surface area contributed by atoms with Crippen molar-refractivity contribution in [3.63, 3.8) is 0 Å². The molecule has 0 fully saturated rings. The zero-order valence-electron chi connectivity index (χ0n) is 8.15. The summed E-state index contributed by atoms with van der Waals surface area (Å²) in [6.45, 7) is 4.28. The number of aryl methyl sites for hydroxylation is 2. The quantitative estimate of drug-likeness (QED) is 0.679. The molecule has 0 aliphatic carbocycles. The predicted molar refractivity (Wildman–Crippen MR) is 52.6 cm³/mol. The molecule has 1 heterocycles. The summed E-state index contributed by atoms with van der Waals surface area (Å²) >= 11 is 0. The van der Waals surface area contributed by atoms with Crippen LogP contribution in [0.3, 0.4) is 0 Å². The Hall–Kier alpha value is -1.89. The minimum atomic E-state index is 0.201. The second-order valence-electron chi connectivity index (χ2n) is 3.31. The molecular weight excluding hydrogens is 176 g/mol. The van der Waals surface area contributed by atoms with Crippen LogP contribution in [0.1, 0.15) is 11.1 Å². The summed E-state index contributed by atoms with van der Waals surface area (Å²) in [7, 11) is 0. The van der Waals surface area contributed by atoms with Crippen LogP contribution >= 0.6 is 0 Å². The molecule has 0 aliphatic rings. The standard InChI is InChI=1S/C10H10N4/c1-7-5-9-10(6-8(7)2)13-14(12-9)4-3-11/h5-6H,4H2,1-2H3. The Morgan fingerprint density at radius 2 is 1.71 bits per heavy atom. The lowest BCUT2D eigenvalue weighted by Crippen LogP contribution is -1.98. The molecule has 1 aromatic heterocycles. The molecule has 2 rings (SSSR count). The second-order valence-corrected chi connectivity index (χ2v) is 3.31. The minimum absolute atomic E-state index is 0.201. The Morgan fingerprint density at radius 1 is 1.21 bits per heavy atom. The number of fused-ring (bicyclic) bond motifs is 1.